The zero-order valence-corrected chi connectivity index (χ0v) is 12.1. The summed E-state index contributed by atoms with van der Waals surface area (Å²) in [5.74, 6) is 3.24. The third kappa shape index (κ3) is 2.67. The molecule has 5 heteroatoms. The molecular formula is C17H17NO4. The highest BCUT2D eigenvalue weighted by molar-refractivity contribution is 5.44. The third-order valence-corrected chi connectivity index (χ3v) is 3.71. The Morgan fingerprint density at radius 3 is 2.68 bits per heavy atom. The molecule has 5 nitrogen and oxygen atoms in total. The number of rotatable bonds is 4. The smallest absolute Gasteiger partial charge is 0.231 e. The van der Waals surface area contributed by atoms with Gasteiger partial charge in [0.05, 0.1) is 0 Å². The van der Waals surface area contributed by atoms with Crippen LogP contribution in [0.4, 0.5) is 0 Å². The summed E-state index contributed by atoms with van der Waals surface area (Å²) in [5.41, 5.74) is 1.15. The summed E-state index contributed by atoms with van der Waals surface area (Å²) < 4.78 is 22.3. The lowest BCUT2D eigenvalue weighted by atomic mass is 10.2. The minimum absolute atomic E-state index is 0.0175. The van der Waals surface area contributed by atoms with Crippen LogP contribution in [-0.2, 0) is 6.54 Å². The van der Waals surface area contributed by atoms with Crippen molar-refractivity contribution in [2.75, 3.05) is 19.9 Å². The van der Waals surface area contributed by atoms with Gasteiger partial charge in [0.15, 0.2) is 23.0 Å². The molecular weight excluding hydrogens is 282 g/mol. The number of nitrogens with one attached hydrogen (secondary N) is 1. The summed E-state index contributed by atoms with van der Waals surface area (Å²) in [6, 6.07) is 13.7. The summed E-state index contributed by atoms with van der Waals surface area (Å²) in [4.78, 5) is 0. The monoisotopic (exact) mass is 299 g/mol. The highest BCUT2D eigenvalue weighted by Gasteiger charge is 2.20. The van der Waals surface area contributed by atoms with Gasteiger partial charge in [0.25, 0.3) is 0 Å². The van der Waals surface area contributed by atoms with Gasteiger partial charge in [-0.1, -0.05) is 18.2 Å². The van der Waals surface area contributed by atoms with Crippen molar-refractivity contribution in [2.24, 2.45) is 0 Å². The molecule has 1 N–H and O–H groups in total. The Morgan fingerprint density at radius 1 is 0.909 bits per heavy atom. The zero-order valence-electron chi connectivity index (χ0n) is 12.1. The Balaban J connectivity index is 1.31. The fourth-order valence-corrected chi connectivity index (χ4v) is 2.59. The lowest BCUT2D eigenvalue weighted by Crippen LogP contribution is -2.38. The van der Waals surface area contributed by atoms with E-state index in [0.717, 1.165) is 41.7 Å². The maximum Gasteiger partial charge on any atom is 0.231 e. The molecule has 0 aliphatic carbocycles. The van der Waals surface area contributed by atoms with E-state index in [4.69, 9.17) is 18.9 Å². The van der Waals surface area contributed by atoms with E-state index in [1.54, 1.807) is 0 Å². The molecule has 0 amide bonds. The summed E-state index contributed by atoms with van der Waals surface area (Å²) in [6.45, 7) is 2.34. The second-order valence-corrected chi connectivity index (χ2v) is 5.32. The Bertz CT molecular complexity index is 673. The number of ether oxygens (including phenoxy) is 4. The molecule has 2 aliphatic heterocycles. The van der Waals surface area contributed by atoms with Gasteiger partial charge in [0, 0.05) is 13.1 Å². The molecule has 0 radical (unpaired) electrons. The molecule has 0 bridgehead atoms. The molecule has 2 aliphatic rings. The van der Waals surface area contributed by atoms with E-state index in [0.29, 0.717) is 13.4 Å². The molecule has 0 spiro atoms. The van der Waals surface area contributed by atoms with Gasteiger partial charge in [-0.15, -0.1) is 0 Å². The first-order chi connectivity index (χ1) is 10.9. The average molecular weight is 299 g/mol. The molecule has 0 saturated carbocycles. The summed E-state index contributed by atoms with van der Waals surface area (Å²) in [6.07, 6.45) is 0.0175. The first-order valence-electron chi connectivity index (χ1n) is 7.36. The minimum Gasteiger partial charge on any atom is -0.486 e. The van der Waals surface area contributed by atoms with Crippen LogP contribution in [0.3, 0.4) is 0 Å². The average Bonchev–Trinajstić information content (AvgIpc) is 3.02. The van der Waals surface area contributed by atoms with E-state index in [-0.39, 0.29) is 6.10 Å². The van der Waals surface area contributed by atoms with E-state index < -0.39 is 0 Å². The van der Waals surface area contributed by atoms with Crippen LogP contribution >= 0.6 is 0 Å². The second kappa shape index (κ2) is 5.77. The van der Waals surface area contributed by atoms with Crippen LogP contribution < -0.4 is 24.3 Å². The zero-order chi connectivity index (χ0) is 14.8. The highest BCUT2D eigenvalue weighted by Crippen LogP contribution is 2.32. The van der Waals surface area contributed by atoms with Gasteiger partial charge in [0.1, 0.15) is 12.7 Å². The fourth-order valence-electron chi connectivity index (χ4n) is 2.59. The summed E-state index contributed by atoms with van der Waals surface area (Å²) in [7, 11) is 0. The van der Waals surface area contributed by atoms with Crippen LogP contribution in [0.2, 0.25) is 0 Å². The number of para-hydroxylation sites is 2. The largest absolute Gasteiger partial charge is 0.486 e. The molecule has 4 rings (SSSR count). The number of benzene rings is 2. The Morgan fingerprint density at radius 2 is 1.73 bits per heavy atom. The van der Waals surface area contributed by atoms with Crippen molar-refractivity contribution >= 4 is 0 Å². The van der Waals surface area contributed by atoms with Gasteiger partial charge in [0.2, 0.25) is 6.79 Å². The quantitative estimate of drug-likeness (QED) is 0.939. The molecule has 22 heavy (non-hydrogen) atoms. The van der Waals surface area contributed by atoms with Crippen molar-refractivity contribution in [1.82, 2.24) is 5.32 Å². The Hall–Kier alpha value is -2.40. The predicted molar refractivity (Wildman–Crippen MR) is 80.6 cm³/mol. The first kappa shape index (κ1) is 13.3. The molecule has 1 unspecified atom stereocenters. The SMILES string of the molecule is c1ccc2c(c1)OCC(CNCc1ccc3c(c1)OCO3)O2. The van der Waals surface area contributed by atoms with Gasteiger partial charge >= 0.3 is 0 Å². The molecule has 2 aromatic rings. The number of fused-ring (bicyclic) bond motifs is 2. The number of hydrogen-bond acceptors (Lipinski definition) is 5. The predicted octanol–water partition coefficient (Wildman–Crippen LogP) is 2.34. The van der Waals surface area contributed by atoms with E-state index in [1.807, 2.05) is 42.5 Å². The van der Waals surface area contributed by atoms with Crippen molar-refractivity contribution in [3.63, 3.8) is 0 Å². The van der Waals surface area contributed by atoms with Crippen molar-refractivity contribution in [3.8, 4) is 23.0 Å². The summed E-state index contributed by atoms with van der Waals surface area (Å²) >= 11 is 0. The molecule has 114 valence electrons. The van der Waals surface area contributed by atoms with E-state index in [1.165, 1.54) is 0 Å². The van der Waals surface area contributed by atoms with Crippen LogP contribution in [-0.4, -0.2) is 26.0 Å². The minimum atomic E-state index is 0.0175. The maximum atomic E-state index is 5.91. The van der Waals surface area contributed by atoms with Crippen LogP contribution in [0, 0.1) is 0 Å². The van der Waals surface area contributed by atoms with E-state index in [2.05, 4.69) is 5.32 Å². The van der Waals surface area contributed by atoms with Crippen LogP contribution in [0.15, 0.2) is 42.5 Å². The van der Waals surface area contributed by atoms with Gasteiger partial charge < -0.3 is 24.3 Å². The van der Waals surface area contributed by atoms with Crippen LogP contribution in [0.25, 0.3) is 0 Å². The molecule has 0 aromatic heterocycles. The maximum absolute atomic E-state index is 5.91. The van der Waals surface area contributed by atoms with Gasteiger partial charge in [-0.25, -0.2) is 0 Å². The molecule has 0 saturated heterocycles. The molecule has 0 fully saturated rings. The summed E-state index contributed by atoms with van der Waals surface area (Å²) in [5, 5.41) is 3.39. The van der Waals surface area contributed by atoms with Gasteiger partial charge in [-0.3, -0.25) is 0 Å². The van der Waals surface area contributed by atoms with E-state index in [9.17, 15) is 0 Å². The van der Waals surface area contributed by atoms with Crippen molar-refractivity contribution in [2.45, 2.75) is 12.6 Å². The highest BCUT2D eigenvalue weighted by atomic mass is 16.7. The standard InChI is InChI=1S/C17H17NO4/c1-2-4-16-14(3-1)19-10-13(22-16)9-18-8-12-5-6-15-17(7-12)21-11-20-15/h1-7,13,18H,8-11H2. The Labute approximate surface area is 128 Å². The fraction of sp³-hybridized carbons (Fsp3) is 0.294. The van der Waals surface area contributed by atoms with Crippen molar-refractivity contribution in [3.05, 3.63) is 48.0 Å². The molecule has 2 aromatic carbocycles. The topological polar surface area (TPSA) is 49.0 Å². The van der Waals surface area contributed by atoms with Crippen LogP contribution in [0.5, 0.6) is 23.0 Å². The molecule has 1 atom stereocenters. The van der Waals surface area contributed by atoms with Gasteiger partial charge in [-0.2, -0.15) is 0 Å². The lowest BCUT2D eigenvalue weighted by molar-refractivity contribution is 0.0902. The lowest BCUT2D eigenvalue weighted by Gasteiger charge is -2.26. The Kier molecular flexibility index (Phi) is 3.48. The van der Waals surface area contributed by atoms with E-state index >= 15 is 0 Å². The van der Waals surface area contributed by atoms with Crippen LogP contribution in [0.1, 0.15) is 5.56 Å². The van der Waals surface area contributed by atoms with Crippen molar-refractivity contribution in [1.29, 1.82) is 0 Å². The third-order valence-electron chi connectivity index (χ3n) is 3.71. The van der Waals surface area contributed by atoms with Gasteiger partial charge in [-0.05, 0) is 29.8 Å². The first-order valence-corrected chi connectivity index (χ1v) is 7.36. The second-order valence-electron chi connectivity index (χ2n) is 5.32. The normalized spacial score (nSPS) is 18.3. The molecule has 2 heterocycles. The number of hydrogen-bond donors (Lipinski definition) is 1. The van der Waals surface area contributed by atoms with Crippen molar-refractivity contribution < 1.29 is 18.9 Å².